The summed E-state index contributed by atoms with van der Waals surface area (Å²) in [5.41, 5.74) is 2.42. The fourth-order valence-corrected chi connectivity index (χ4v) is 4.65. The van der Waals surface area contributed by atoms with Crippen molar-refractivity contribution < 1.29 is 28.6 Å². The van der Waals surface area contributed by atoms with E-state index in [1.54, 1.807) is 31.2 Å². The van der Waals surface area contributed by atoms with Crippen LogP contribution in [0.3, 0.4) is 0 Å². The lowest BCUT2D eigenvalue weighted by molar-refractivity contribution is -0.142. The molecule has 1 aliphatic rings. The van der Waals surface area contributed by atoms with E-state index in [4.69, 9.17) is 14.2 Å². The van der Waals surface area contributed by atoms with Gasteiger partial charge < -0.3 is 14.2 Å². The lowest BCUT2D eigenvalue weighted by atomic mass is 9.99. The topological polar surface area (TPSA) is 82.1 Å². The number of amides is 2. The minimum atomic E-state index is -0.488. The average molecular weight is 510 g/mol. The second-order valence-corrected chi connectivity index (χ2v) is 8.76. The zero-order chi connectivity index (χ0) is 26.6. The van der Waals surface area contributed by atoms with Crippen LogP contribution >= 0.6 is 0 Å². The van der Waals surface area contributed by atoms with Gasteiger partial charge >= 0.3 is 5.97 Å². The molecule has 0 aromatic heterocycles. The highest BCUT2D eigenvalue weighted by atomic mass is 16.5. The third-order valence-electron chi connectivity index (χ3n) is 6.32. The molecule has 0 spiro atoms. The number of ether oxygens (including phenoxy) is 3. The molecule has 5 rings (SSSR count). The summed E-state index contributed by atoms with van der Waals surface area (Å²) in [5.74, 6) is -0.596. The molecular weight excluding hydrogens is 482 g/mol. The molecule has 192 valence electrons. The van der Waals surface area contributed by atoms with Crippen LogP contribution in [0.1, 0.15) is 45.7 Å². The van der Waals surface area contributed by atoms with E-state index in [1.165, 1.54) is 0 Å². The largest absolute Gasteiger partial charge is 0.492 e. The number of hydrogen-bond donors (Lipinski definition) is 0. The van der Waals surface area contributed by atoms with E-state index in [1.807, 2.05) is 61.5 Å². The first-order valence-electron chi connectivity index (χ1n) is 12.5. The van der Waals surface area contributed by atoms with Gasteiger partial charge in [-0.05, 0) is 37.1 Å². The van der Waals surface area contributed by atoms with Gasteiger partial charge in [0.25, 0.3) is 11.8 Å². The Bertz CT molecular complexity index is 1510. The van der Waals surface area contributed by atoms with Gasteiger partial charge in [-0.15, -0.1) is 0 Å². The normalized spacial score (nSPS) is 12.5. The third-order valence-corrected chi connectivity index (χ3v) is 6.32. The third kappa shape index (κ3) is 4.59. The second kappa shape index (κ2) is 10.8. The molecule has 1 heterocycles. The summed E-state index contributed by atoms with van der Waals surface area (Å²) in [6.45, 7) is 4.44. The van der Waals surface area contributed by atoms with E-state index in [0.29, 0.717) is 41.2 Å². The van der Waals surface area contributed by atoms with Crippen LogP contribution in [-0.2, 0) is 22.6 Å². The molecule has 0 atom stereocenters. The highest BCUT2D eigenvalue weighted by Crippen LogP contribution is 2.46. The summed E-state index contributed by atoms with van der Waals surface area (Å²) < 4.78 is 17.2. The lowest BCUT2D eigenvalue weighted by Crippen LogP contribution is -2.29. The van der Waals surface area contributed by atoms with Crippen molar-refractivity contribution in [3.05, 3.63) is 101 Å². The molecule has 0 saturated carbocycles. The lowest BCUT2D eigenvalue weighted by Gasteiger charge is -2.16. The molecule has 0 radical (unpaired) electrons. The van der Waals surface area contributed by atoms with Crippen LogP contribution in [-0.4, -0.2) is 31.0 Å². The Morgan fingerprint density at radius 1 is 0.684 bits per heavy atom. The van der Waals surface area contributed by atoms with Crippen LogP contribution in [0, 0.1) is 0 Å². The Morgan fingerprint density at radius 2 is 1.26 bits per heavy atom. The van der Waals surface area contributed by atoms with E-state index >= 15 is 0 Å². The highest BCUT2D eigenvalue weighted by Gasteiger charge is 2.43. The van der Waals surface area contributed by atoms with Crippen LogP contribution in [0.5, 0.6) is 11.5 Å². The SMILES string of the molecule is CCOC(=O)Cc1ccc(N2C(=O)c3c(c(OCc4ccccc4)c4ccccc4c3OCC)C2=O)cc1. The number of rotatable bonds is 9. The Morgan fingerprint density at radius 3 is 1.84 bits per heavy atom. The second-order valence-electron chi connectivity index (χ2n) is 8.76. The number of nitrogens with zero attached hydrogens (tertiary/aromatic N) is 1. The predicted molar refractivity (Wildman–Crippen MR) is 144 cm³/mol. The van der Waals surface area contributed by atoms with Crippen LogP contribution in [0.15, 0.2) is 78.9 Å². The molecular formula is C31H27NO6. The highest BCUT2D eigenvalue weighted by molar-refractivity contribution is 6.38. The Balaban J connectivity index is 1.59. The summed E-state index contributed by atoms with van der Waals surface area (Å²) in [7, 11) is 0. The molecule has 2 amide bonds. The van der Waals surface area contributed by atoms with Gasteiger partial charge in [0.05, 0.1) is 36.4 Å². The predicted octanol–water partition coefficient (Wildman–Crippen LogP) is 5.72. The van der Waals surface area contributed by atoms with Gasteiger partial charge in [0.2, 0.25) is 0 Å². The molecule has 7 nitrogen and oxygen atoms in total. The maximum Gasteiger partial charge on any atom is 0.310 e. The van der Waals surface area contributed by atoms with Crippen molar-refractivity contribution in [3.8, 4) is 11.5 Å². The summed E-state index contributed by atoms with van der Waals surface area (Å²) in [5, 5.41) is 1.39. The first-order valence-corrected chi connectivity index (χ1v) is 12.5. The summed E-state index contributed by atoms with van der Waals surface area (Å²) in [6, 6.07) is 23.8. The molecule has 7 heteroatoms. The monoisotopic (exact) mass is 509 g/mol. The number of imide groups is 1. The first kappa shape index (κ1) is 25.0. The van der Waals surface area contributed by atoms with Gasteiger partial charge in [0.15, 0.2) is 0 Å². The van der Waals surface area contributed by atoms with E-state index in [-0.39, 0.29) is 30.1 Å². The fraction of sp³-hybridized carbons (Fsp3) is 0.194. The average Bonchev–Trinajstić information content (AvgIpc) is 3.19. The van der Waals surface area contributed by atoms with Gasteiger partial charge in [-0.3, -0.25) is 14.4 Å². The number of carbonyl (C=O) groups is 3. The molecule has 4 aromatic carbocycles. The van der Waals surface area contributed by atoms with Crippen molar-refractivity contribution in [2.24, 2.45) is 0 Å². The van der Waals surface area contributed by atoms with E-state index < -0.39 is 11.8 Å². The van der Waals surface area contributed by atoms with Crippen LogP contribution in [0.4, 0.5) is 5.69 Å². The number of fused-ring (bicyclic) bond motifs is 2. The molecule has 0 fully saturated rings. The Labute approximate surface area is 220 Å². The fourth-order valence-electron chi connectivity index (χ4n) is 4.65. The molecule has 0 bridgehead atoms. The van der Waals surface area contributed by atoms with Crippen LogP contribution < -0.4 is 14.4 Å². The van der Waals surface area contributed by atoms with Crippen molar-refractivity contribution in [2.45, 2.75) is 26.9 Å². The van der Waals surface area contributed by atoms with Crippen LogP contribution in [0.2, 0.25) is 0 Å². The molecule has 0 aliphatic carbocycles. The van der Waals surface area contributed by atoms with E-state index in [2.05, 4.69) is 0 Å². The molecule has 0 unspecified atom stereocenters. The van der Waals surface area contributed by atoms with Gasteiger partial charge in [0, 0.05) is 10.8 Å². The van der Waals surface area contributed by atoms with Gasteiger partial charge in [-0.1, -0.05) is 66.7 Å². The van der Waals surface area contributed by atoms with Crippen molar-refractivity contribution in [2.75, 3.05) is 18.1 Å². The minimum absolute atomic E-state index is 0.105. The number of carbonyl (C=O) groups excluding carboxylic acids is 3. The summed E-state index contributed by atoms with van der Waals surface area (Å²) >= 11 is 0. The van der Waals surface area contributed by atoms with Gasteiger partial charge in [-0.25, -0.2) is 4.90 Å². The number of benzene rings is 4. The van der Waals surface area contributed by atoms with Crippen LogP contribution in [0.25, 0.3) is 10.8 Å². The van der Waals surface area contributed by atoms with E-state index in [0.717, 1.165) is 16.0 Å². The quantitative estimate of drug-likeness (QED) is 0.212. The maximum atomic E-state index is 13.9. The van der Waals surface area contributed by atoms with E-state index in [9.17, 15) is 14.4 Å². The zero-order valence-electron chi connectivity index (χ0n) is 21.2. The molecule has 0 saturated heterocycles. The minimum Gasteiger partial charge on any atom is -0.492 e. The van der Waals surface area contributed by atoms with Crippen molar-refractivity contribution in [3.63, 3.8) is 0 Å². The maximum absolute atomic E-state index is 13.9. The molecule has 38 heavy (non-hydrogen) atoms. The van der Waals surface area contributed by atoms with Crippen molar-refractivity contribution in [1.82, 2.24) is 0 Å². The number of anilines is 1. The molecule has 1 aliphatic heterocycles. The molecule has 0 N–H and O–H groups in total. The van der Waals surface area contributed by atoms with Crippen molar-refractivity contribution >= 4 is 34.2 Å². The molecule has 4 aromatic rings. The Hall–Kier alpha value is -4.65. The zero-order valence-corrected chi connectivity index (χ0v) is 21.2. The Kier molecular flexibility index (Phi) is 7.09. The first-order chi connectivity index (χ1) is 18.5. The van der Waals surface area contributed by atoms with Gasteiger partial charge in [0.1, 0.15) is 18.1 Å². The van der Waals surface area contributed by atoms with Gasteiger partial charge in [-0.2, -0.15) is 0 Å². The number of esters is 1. The smallest absolute Gasteiger partial charge is 0.310 e. The van der Waals surface area contributed by atoms with Crippen molar-refractivity contribution in [1.29, 1.82) is 0 Å². The number of hydrogen-bond acceptors (Lipinski definition) is 6. The summed E-state index contributed by atoms with van der Waals surface area (Å²) in [6.07, 6.45) is 0.105. The summed E-state index contributed by atoms with van der Waals surface area (Å²) in [4.78, 5) is 40.7. The standard InChI is InChI=1S/C31H27NO6/c1-3-36-25(33)18-20-14-16-22(17-15-20)32-30(34)26-27(31(32)35)29(38-19-21-10-6-5-7-11-21)24-13-9-8-12-23(24)28(26)37-4-2/h5-17H,3-4,18-19H2,1-2H3.